The number of amides is 1. The lowest BCUT2D eigenvalue weighted by molar-refractivity contribution is -0.146. The molecule has 0 aliphatic carbocycles. The molecule has 0 unspecified atom stereocenters. The highest BCUT2D eigenvalue weighted by Gasteiger charge is 2.43. The zero-order valence-electron chi connectivity index (χ0n) is 12.0. The Hall–Kier alpha value is -1.05. The third kappa shape index (κ3) is 3.45. The van der Waals surface area contributed by atoms with Crippen LogP contribution in [0.4, 0.5) is 0 Å². The fraction of sp³-hybridized carbons (Fsp3) is 0.667. The third-order valence-corrected chi connectivity index (χ3v) is 4.10. The van der Waals surface area contributed by atoms with Crippen LogP contribution in [0.5, 0.6) is 0 Å². The summed E-state index contributed by atoms with van der Waals surface area (Å²) in [6.07, 6.45) is 4.49. The van der Waals surface area contributed by atoms with E-state index in [1.807, 2.05) is 13.8 Å². The molecule has 0 spiro atoms. The van der Waals surface area contributed by atoms with Crippen molar-refractivity contribution in [3.63, 3.8) is 0 Å². The summed E-state index contributed by atoms with van der Waals surface area (Å²) in [6, 6.07) is 0. The Morgan fingerprint density at radius 2 is 1.53 bits per heavy atom. The minimum atomic E-state index is -0.381. The van der Waals surface area contributed by atoms with Gasteiger partial charge in [-0.05, 0) is 11.8 Å². The van der Waals surface area contributed by atoms with E-state index < -0.39 is 0 Å². The van der Waals surface area contributed by atoms with Crippen molar-refractivity contribution in [3.05, 3.63) is 25.3 Å². The number of hydrogen-bond acceptors (Lipinski definition) is 1. The first-order chi connectivity index (χ1) is 7.74. The first-order valence-corrected chi connectivity index (χ1v) is 6.25. The van der Waals surface area contributed by atoms with E-state index in [-0.39, 0.29) is 16.7 Å². The van der Waals surface area contributed by atoms with Crippen molar-refractivity contribution in [1.29, 1.82) is 0 Å². The van der Waals surface area contributed by atoms with Gasteiger partial charge in [-0.15, -0.1) is 13.2 Å². The van der Waals surface area contributed by atoms with Crippen molar-refractivity contribution in [2.24, 2.45) is 10.8 Å². The van der Waals surface area contributed by atoms with E-state index in [4.69, 9.17) is 0 Å². The predicted molar refractivity (Wildman–Crippen MR) is 74.8 cm³/mol. The van der Waals surface area contributed by atoms with Crippen LogP contribution in [0.1, 0.15) is 41.0 Å². The normalized spacial score (nSPS) is 12.1. The van der Waals surface area contributed by atoms with Crippen molar-refractivity contribution < 1.29 is 4.79 Å². The molecule has 0 aromatic carbocycles. The summed E-state index contributed by atoms with van der Waals surface area (Å²) in [4.78, 5) is 14.4. The average Bonchev–Trinajstić information content (AvgIpc) is 2.27. The molecule has 0 aromatic rings. The second-order valence-electron chi connectivity index (χ2n) is 5.65. The molecule has 0 fully saturated rings. The molecule has 0 N–H and O–H groups in total. The van der Waals surface area contributed by atoms with E-state index in [0.717, 1.165) is 6.42 Å². The number of rotatable bonds is 7. The summed E-state index contributed by atoms with van der Waals surface area (Å²) in [5.74, 6) is 0.171. The molecule has 1 amide bonds. The lowest BCUT2D eigenvalue weighted by atomic mass is 9.65. The highest BCUT2D eigenvalue weighted by Crippen LogP contribution is 2.42. The summed E-state index contributed by atoms with van der Waals surface area (Å²) in [6.45, 7) is 19.0. The lowest BCUT2D eigenvalue weighted by Gasteiger charge is -2.42. The molecule has 0 saturated heterocycles. The van der Waals surface area contributed by atoms with E-state index in [2.05, 4.69) is 33.9 Å². The van der Waals surface area contributed by atoms with Gasteiger partial charge in [0.15, 0.2) is 0 Å². The second-order valence-corrected chi connectivity index (χ2v) is 5.65. The molecule has 0 radical (unpaired) electrons. The largest absolute Gasteiger partial charge is 0.335 e. The van der Waals surface area contributed by atoms with Crippen LogP contribution in [0.25, 0.3) is 0 Å². The van der Waals surface area contributed by atoms with Gasteiger partial charge in [0.2, 0.25) is 5.91 Å². The van der Waals surface area contributed by atoms with E-state index in [0.29, 0.717) is 13.1 Å². The van der Waals surface area contributed by atoms with Crippen LogP contribution in [-0.4, -0.2) is 23.9 Å². The monoisotopic (exact) mass is 237 g/mol. The van der Waals surface area contributed by atoms with Crippen molar-refractivity contribution in [2.45, 2.75) is 41.0 Å². The van der Waals surface area contributed by atoms with Gasteiger partial charge in [0.05, 0.1) is 0 Å². The van der Waals surface area contributed by atoms with Crippen LogP contribution < -0.4 is 0 Å². The standard InChI is InChI=1S/C15H27NO/c1-8-11-16(12-9-2)13(17)15(6,7)14(4,5)10-3/h8-9H,1-2,10-12H2,3-7H3. The van der Waals surface area contributed by atoms with Crippen LogP contribution in [0, 0.1) is 10.8 Å². The summed E-state index contributed by atoms with van der Waals surface area (Å²) >= 11 is 0. The summed E-state index contributed by atoms with van der Waals surface area (Å²) in [7, 11) is 0. The minimum absolute atomic E-state index is 0.0231. The van der Waals surface area contributed by atoms with Crippen molar-refractivity contribution in [2.75, 3.05) is 13.1 Å². The first kappa shape index (κ1) is 16.0. The van der Waals surface area contributed by atoms with E-state index in [9.17, 15) is 4.79 Å². The molecule has 0 aliphatic rings. The van der Waals surface area contributed by atoms with Crippen LogP contribution in [0.2, 0.25) is 0 Å². The van der Waals surface area contributed by atoms with Crippen molar-refractivity contribution in [1.82, 2.24) is 4.90 Å². The van der Waals surface area contributed by atoms with Crippen LogP contribution in [-0.2, 0) is 4.79 Å². The Morgan fingerprint density at radius 1 is 1.12 bits per heavy atom. The fourth-order valence-corrected chi connectivity index (χ4v) is 1.68. The minimum Gasteiger partial charge on any atom is -0.335 e. The zero-order valence-corrected chi connectivity index (χ0v) is 12.0. The van der Waals surface area contributed by atoms with Gasteiger partial charge in [0.25, 0.3) is 0 Å². The quantitative estimate of drug-likeness (QED) is 0.619. The van der Waals surface area contributed by atoms with Crippen LogP contribution >= 0.6 is 0 Å². The topological polar surface area (TPSA) is 20.3 Å². The van der Waals surface area contributed by atoms with Gasteiger partial charge >= 0.3 is 0 Å². The third-order valence-electron chi connectivity index (χ3n) is 4.10. The molecule has 0 aromatic heterocycles. The number of hydrogen-bond donors (Lipinski definition) is 0. The van der Waals surface area contributed by atoms with Gasteiger partial charge in [-0.2, -0.15) is 0 Å². The number of carbonyl (C=O) groups is 1. The Balaban J connectivity index is 5.09. The van der Waals surface area contributed by atoms with Crippen LogP contribution in [0.3, 0.4) is 0 Å². The molecule has 0 aliphatic heterocycles. The molecule has 98 valence electrons. The van der Waals surface area contributed by atoms with E-state index in [1.54, 1.807) is 17.1 Å². The number of carbonyl (C=O) groups excluding carboxylic acids is 1. The fourth-order valence-electron chi connectivity index (χ4n) is 1.68. The van der Waals surface area contributed by atoms with E-state index >= 15 is 0 Å². The second kappa shape index (κ2) is 6.04. The highest BCUT2D eigenvalue weighted by molar-refractivity contribution is 5.83. The molecule has 17 heavy (non-hydrogen) atoms. The van der Waals surface area contributed by atoms with Gasteiger partial charge in [0, 0.05) is 18.5 Å². The average molecular weight is 237 g/mol. The van der Waals surface area contributed by atoms with Gasteiger partial charge < -0.3 is 4.90 Å². The maximum atomic E-state index is 12.6. The molecule has 0 saturated carbocycles. The molecular weight excluding hydrogens is 210 g/mol. The van der Waals surface area contributed by atoms with Gasteiger partial charge in [-0.1, -0.05) is 46.8 Å². The Labute approximate surface area is 106 Å². The SMILES string of the molecule is C=CCN(CC=C)C(=O)C(C)(C)C(C)(C)CC. The number of nitrogens with zero attached hydrogens (tertiary/aromatic N) is 1. The smallest absolute Gasteiger partial charge is 0.229 e. The Morgan fingerprint density at radius 3 is 1.82 bits per heavy atom. The Bertz CT molecular complexity index is 279. The molecule has 0 atom stereocenters. The molecular formula is C15H27NO. The summed E-state index contributed by atoms with van der Waals surface area (Å²) in [5.41, 5.74) is -0.404. The maximum absolute atomic E-state index is 12.6. The van der Waals surface area contributed by atoms with Gasteiger partial charge in [0.1, 0.15) is 0 Å². The van der Waals surface area contributed by atoms with E-state index in [1.165, 1.54) is 0 Å². The molecule has 0 bridgehead atoms. The van der Waals surface area contributed by atoms with Crippen LogP contribution in [0.15, 0.2) is 25.3 Å². The lowest BCUT2D eigenvalue weighted by Crippen LogP contribution is -2.48. The summed E-state index contributed by atoms with van der Waals surface area (Å²) < 4.78 is 0. The molecule has 2 heteroatoms. The molecule has 2 nitrogen and oxygen atoms in total. The predicted octanol–water partition coefficient (Wildman–Crippen LogP) is 3.65. The summed E-state index contributed by atoms with van der Waals surface area (Å²) in [5, 5.41) is 0. The van der Waals surface area contributed by atoms with Gasteiger partial charge in [-0.25, -0.2) is 0 Å². The first-order valence-electron chi connectivity index (χ1n) is 6.25. The molecule has 0 heterocycles. The Kier molecular flexibility index (Phi) is 5.67. The maximum Gasteiger partial charge on any atom is 0.229 e. The molecule has 0 rings (SSSR count). The van der Waals surface area contributed by atoms with Crippen molar-refractivity contribution >= 4 is 5.91 Å². The highest BCUT2D eigenvalue weighted by atomic mass is 16.2. The zero-order chi connectivity index (χ0) is 13.7. The van der Waals surface area contributed by atoms with Gasteiger partial charge in [-0.3, -0.25) is 4.79 Å². The van der Waals surface area contributed by atoms with Crippen molar-refractivity contribution in [3.8, 4) is 0 Å².